The van der Waals surface area contributed by atoms with Gasteiger partial charge in [0.2, 0.25) is 0 Å². The van der Waals surface area contributed by atoms with Crippen LogP contribution >= 0.6 is 0 Å². The summed E-state index contributed by atoms with van der Waals surface area (Å²) in [5.74, 6) is 0.775. The third kappa shape index (κ3) is 1.39. The summed E-state index contributed by atoms with van der Waals surface area (Å²) >= 11 is 0. The highest BCUT2D eigenvalue weighted by molar-refractivity contribution is 6.14. The highest BCUT2D eigenvalue weighted by atomic mass is 15.2. The van der Waals surface area contributed by atoms with Crippen molar-refractivity contribution < 1.29 is 0 Å². The van der Waals surface area contributed by atoms with Gasteiger partial charge < -0.3 is 4.90 Å². The van der Waals surface area contributed by atoms with E-state index in [0.29, 0.717) is 6.04 Å². The lowest BCUT2D eigenvalue weighted by molar-refractivity contribution is 0.190. The zero-order chi connectivity index (χ0) is 10.5. The van der Waals surface area contributed by atoms with E-state index in [0.717, 1.165) is 12.3 Å². The van der Waals surface area contributed by atoms with Gasteiger partial charge in [-0.3, -0.25) is 0 Å². The van der Waals surface area contributed by atoms with Gasteiger partial charge in [-0.1, -0.05) is 18.7 Å². The van der Waals surface area contributed by atoms with Crippen molar-refractivity contribution >= 4 is 7.85 Å². The van der Waals surface area contributed by atoms with Crippen LogP contribution in [0.15, 0.2) is 11.3 Å². The SMILES string of the molecule is [B]C1(C)CCC2C(C)=C(C)N(C)C2C1. The summed E-state index contributed by atoms with van der Waals surface area (Å²) in [6.45, 7) is 6.72. The van der Waals surface area contributed by atoms with Crippen molar-refractivity contribution in [2.75, 3.05) is 7.05 Å². The molecule has 0 saturated heterocycles. The van der Waals surface area contributed by atoms with Crippen LogP contribution in [0.1, 0.15) is 40.0 Å². The van der Waals surface area contributed by atoms with Gasteiger partial charge in [0, 0.05) is 24.7 Å². The first-order valence-electron chi connectivity index (χ1n) is 5.61. The molecule has 2 radical (unpaired) electrons. The lowest BCUT2D eigenvalue weighted by Crippen LogP contribution is -2.38. The maximum atomic E-state index is 6.24. The van der Waals surface area contributed by atoms with E-state index in [1.54, 1.807) is 5.57 Å². The molecule has 3 unspecified atom stereocenters. The summed E-state index contributed by atoms with van der Waals surface area (Å²) in [6.07, 6.45) is 3.58. The number of fused-ring (bicyclic) bond motifs is 1. The average molecular weight is 189 g/mol. The van der Waals surface area contributed by atoms with Crippen molar-refractivity contribution in [3.05, 3.63) is 11.3 Å². The molecular weight excluding hydrogens is 169 g/mol. The fraction of sp³-hybridized carbons (Fsp3) is 0.833. The molecule has 0 aromatic heterocycles. The van der Waals surface area contributed by atoms with Crippen LogP contribution < -0.4 is 0 Å². The highest BCUT2D eigenvalue weighted by Gasteiger charge is 2.41. The lowest BCUT2D eigenvalue weighted by Gasteiger charge is -2.41. The van der Waals surface area contributed by atoms with Crippen LogP contribution in [0.3, 0.4) is 0 Å². The van der Waals surface area contributed by atoms with E-state index in [2.05, 4.69) is 32.7 Å². The van der Waals surface area contributed by atoms with Gasteiger partial charge in [0.15, 0.2) is 0 Å². The Labute approximate surface area is 89.0 Å². The zero-order valence-electron chi connectivity index (χ0n) is 9.80. The third-order valence-electron chi connectivity index (χ3n) is 4.32. The van der Waals surface area contributed by atoms with Gasteiger partial charge in [-0.05, 0) is 32.3 Å². The monoisotopic (exact) mass is 189 g/mol. The van der Waals surface area contributed by atoms with E-state index in [1.165, 1.54) is 18.5 Å². The Morgan fingerprint density at radius 3 is 2.71 bits per heavy atom. The fourth-order valence-corrected chi connectivity index (χ4v) is 3.11. The highest BCUT2D eigenvalue weighted by Crippen LogP contribution is 2.49. The van der Waals surface area contributed by atoms with Crippen LogP contribution in [0.4, 0.5) is 0 Å². The summed E-state index contributed by atoms with van der Waals surface area (Å²) in [6, 6.07) is 0.666. The summed E-state index contributed by atoms with van der Waals surface area (Å²) in [5.41, 5.74) is 3.06. The molecule has 2 heteroatoms. The third-order valence-corrected chi connectivity index (χ3v) is 4.32. The molecule has 1 heterocycles. The first-order chi connectivity index (χ1) is 6.42. The Balaban J connectivity index is 2.22. The first kappa shape index (κ1) is 10.1. The predicted octanol–water partition coefficient (Wildman–Crippen LogP) is 2.74. The molecule has 2 rings (SSSR count). The Morgan fingerprint density at radius 1 is 1.43 bits per heavy atom. The van der Waals surface area contributed by atoms with Crippen molar-refractivity contribution in [1.82, 2.24) is 4.90 Å². The number of hydrogen-bond acceptors (Lipinski definition) is 1. The van der Waals surface area contributed by atoms with Crippen LogP contribution in [0.2, 0.25) is 5.31 Å². The largest absolute Gasteiger partial charge is 0.375 e. The molecule has 1 nitrogen and oxygen atoms in total. The molecule has 2 aliphatic rings. The summed E-state index contributed by atoms with van der Waals surface area (Å²) in [7, 11) is 8.45. The Morgan fingerprint density at radius 2 is 2.07 bits per heavy atom. The molecule has 3 atom stereocenters. The standard InChI is InChI=1S/C12H20BN/c1-8-9(2)14(4)11-7-12(3,13)6-5-10(8)11/h10-11H,5-7H2,1-4H3. The van der Waals surface area contributed by atoms with Crippen molar-refractivity contribution in [2.24, 2.45) is 5.92 Å². The number of allylic oxidation sites excluding steroid dienone is 1. The topological polar surface area (TPSA) is 3.24 Å². The fourth-order valence-electron chi connectivity index (χ4n) is 3.11. The van der Waals surface area contributed by atoms with E-state index < -0.39 is 0 Å². The molecule has 0 aromatic carbocycles. The minimum Gasteiger partial charge on any atom is -0.375 e. The maximum Gasteiger partial charge on any atom is 0.0743 e. The number of nitrogens with zero attached hydrogens (tertiary/aromatic N) is 1. The average Bonchev–Trinajstić information content (AvgIpc) is 2.30. The van der Waals surface area contributed by atoms with E-state index >= 15 is 0 Å². The molecule has 0 bridgehead atoms. The first-order valence-corrected chi connectivity index (χ1v) is 5.61. The minimum absolute atomic E-state index is 0.0559. The summed E-state index contributed by atoms with van der Waals surface area (Å²) in [5, 5.41) is 0.0559. The van der Waals surface area contributed by atoms with E-state index in [9.17, 15) is 0 Å². The quantitative estimate of drug-likeness (QED) is 0.529. The predicted molar refractivity (Wildman–Crippen MR) is 61.4 cm³/mol. The van der Waals surface area contributed by atoms with Gasteiger partial charge in [-0.15, -0.1) is 0 Å². The summed E-state index contributed by atoms with van der Waals surface area (Å²) in [4.78, 5) is 2.43. The van der Waals surface area contributed by atoms with Gasteiger partial charge in [-0.2, -0.15) is 0 Å². The van der Waals surface area contributed by atoms with Gasteiger partial charge in [0.1, 0.15) is 0 Å². The molecule has 1 fully saturated rings. The van der Waals surface area contributed by atoms with Crippen LogP contribution in [-0.2, 0) is 0 Å². The Bertz CT molecular complexity index is 280. The van der Waals surface area contributed by atoms with Crippen molar-refractivity contribution in [3.63, 3.8) is 0 Å². The normalized spacial score (nSPS) is 43.0. The lowest BCUT2D eigenvalue weighted by atomic mass is 9.58. The second-order valence-corrected chi connectivity index (χ2v) is 5.45. The van der Waals surface area contributed by atoms with Gasteiger partial charge >= 0.3 is 0 Å². The second kappa shape index (κ2) is 3.05. The van der Waals surface area contributed by atoms with Crippen LogP contribution in [0, 0.1) is 5.92 Å². The van der Waals surface area contributed by atoms with Crippen molar-refractivity contribution in [1.29, 1.82) is 0 Å². The molecule has 0 N–H and O–H groups in total. The van der Waals surface area contributed by atoms with Crippen molar-refractivity contribution in [2.45, 2.75) is 51.4 Å². The van der Waals surface area contributed by atoms with Crippen LogP contribution in [0.25, 0.3) is 0 Å². The van der Waals surface area contributed by atoms with E-state index in [1.807, 2.05) is 0 Å². The molecule has 0 spiro atoms. The molecule has 1 aliphatic carbocycles. The second-order valence-electron chi connectivity index (χ2n) is 5.45. The van der Waals surface area contributed by atoms with Gasteiger partial charge in [0.25, 0.3) is 0 Å². The molecule has 1 aliphatic heterocycles. The molecule has 0 aromatic rings. The molecule has 0 amide bonds. The van der Waals surface area contributed by atoms with Gasteiger partial charge in [-0.25, -0.2) is 0 Å². The van der Waals surface area contributed by atoms with Crippen molar-refractivity contribution in [3.8, 4) is 0 Å². The zero-order valence-corrected chi connectivity index (χ0v) is 9.80. The number of rotatable bonds is 0. The van der Waals surface area contributed by atoms with Gasteiger partial charge in [0.05, 0.1) is 7.85 Å². The van der Waals surface area contributed by atoms with Crippen LogP contribution in [-0.4, -0.2) is 25.8 Å². The number of hydrogen-bond donors (Lipinski definition) is 0. The van der Waals surface area contributed by atoms with E-state index in [-0.39, 0.29) is 5.31 Å². The molecule has 14 heavy (non-hydrogen) atoms. The van der Waals surface area contributed by atoms with Crippen LogP contribution in [0.5, 0.6) is 0 Å². The smallest absolute Gasteiger partial charge is 0.0743 e. The molecule has 76 valence electrons. The molecular formula is C12H20BN. The Hall–Kier alpha value is -0.395. The van der Waals surface area contributed by atoms with E-state index in [4.69, 9.17) is 7.85 Å². The minimum atomic E-state index is 0.0559. The Kier molecular flexibility index (Phi) is 2.21. The maximum absolute atomic E-state index is 6.24. The molecule has 1 saturated carbocycles. The summed E-state index contributed by atoms with van der Waals surface area (Å²) < 4.78 is 0.